The summed E-state index contributed by atoms with van der Waals surface area (Å²) in [5.41, 5.74) is 0.684. The van der Waals surface area contributed by atoms with E-state index in [0.29, 0.717) is 16.6 Å². The molecule has 0 radical (unpaired) electrons. The van der Waals surface area contributed by atoms with Gasteiger partial charge in [0.05, 0.1) is 17.6 Å². The summed E-state index contributed by atoms with van der Waals surface area (Å²) in [4.78, 5) is 24.5. The average molecular weight is 343 g/mol. The summed E-state index contributed by atoms with van der Waals surface area (Å²) in [5, 5.41) is 20.3. The summed E-state index contributed by atoms with van der Waals surface area (Å²) in [6.07, 6.45) is 1.60. The first-order valence-electron chi connectivity index (χ1n) is 6.32. The van der Waals surface area contributed by atoms with Gasteiger partial charge in [0.2, 0.25) is 0 Å². The van der Waals surface area contributed by atoms with Crippen molar-refractivity contribution in [1.29, 1.82) is 0 Å². The fourth-order valence-corrected chi connectivity index (χ4v) is 2.89. The van der Waals surface area contributed by atoms with E-state index in [0.717, 1.165) is 12.8 Å². The lowest BCUT2D eigenvalue weighted by Crippen LogP contribution is -2.37. The fourth-order valence-electron chi connectivity index (χ4n) is 2.44. The molecule has 1 aliphatic rings. The second-order valence-electron chi connectivity index (χ2n) is 4.84. The first kappa shape index (κ1) is 14.9. The Morgan fingerprint density at radius 1 is 1.60 bits per heavy atom. The number of carbonyl (C=O) groups is 1. The van der Waals surface area contributed by atoms with Gasteiger partial charge in [-0.15, -0.1) is 0 Å². The van der Waals surface area contributed by atoms with Crippen molar-refractivity contribution < 1.29 is 14.8 Å². The minimum atomic E-state index is -0.496. The number of amides is 1. The normalized spacial score (nSPS) is 18.4. The minimum Gasteiger partial charge on any atom is -0.394 e. The van der Waals surface area contributed by atoms with E-state index in [1.165, 1.54) is 6.07 Å². The highest BCUT2D eigenvalue weighted by Gasteiger charge is 2.30. The van der Waals surface area contributed by atoms with Crippen LogP contribution in [0.5, 0.6) is 0 Å². The molecule has 0 spiro atoms. The lowest BCUT2D eigenvalue weighted by atomic mass is 10.1. The van der Waals surface area contributed by atoms with Gasteiger partial charge in [-0.05, 0) is 25.8 Å². The quantitative estimate of drug-likeness (QED) is 0.674. The zero-order chi connectivity index (χ0) is 14.9. The number of nitro groups is 1. The molecular formula is C13H15BrN2O4. The average Bonchev–Trinajstić information content (AvgIpc) is 2.88. The molecule has 1 heterocycles. The van der Waals surface area contributed by atoms with Gasteiger partial charge >= 0.3 is 0 Å². The van der Waals surface area contributed by atoms with Gasteiger partial charge in [-0.2, -0.15) is 0 Å². The second-order valence-corrected chi connectivity index (χ2v) is 5.69. The molecule has 7 heteroatoms. The molecule has 1 aliphatic heterocycles. The maximum absolute atomic E-state index is 12.4. The maximum Gasteiger partial charge on any atom is 0.274 e. The number of hydrogen-bond donors (Lipinski definition) is 1. The third kappa shape index (κ3) is 2.69. The summed E-state index contributed by atoms with van der Waals surface area (Å²) < 4.78 is 0.537. The summed E-state index contributed by atoms with van der Waals surface area (Å²) in [7, 11) is 0. The smallest absolute Gasteiger partial charge is 0.274 e. The van der Waals surface area contributed by atoms with Crippen molar-refractivity contribution in [2.75, 3.05) is 13.2 Å². The van der Waals surface area contributed by atoms with Gasteiger partial charge in [0.1, 0.15) is 0 Å². The zero-order valence-electron chi connectivity index (χ0n) is 11.0. The molecule has 1 aromatic rings. The number of benzene rings is 1. The Bertz CT molecular complexity index is 562. The van der Waals surface area contributed by atoms with Crippen molar-refractivity contribution in [3.8, 4) is 0 Å². The van der Waals surface area contributed by atoms with Crippen LogP contribution < -0.4 is 0 Å². The Balaban J connectivity index is 2.37. The highest BCUT2D eigenvalue weighted by Crippen LogP contribution is 2.29. The van der Waals surface area contributed by atoms with Crippen LogP contribution in [0.25, 0.3) is 0 Å². The predicted molar refractivity (Wildman–Crippen MR) is 76.7 cm³/mol. The molecule has 1 aromatic carbocycles. The van der Waals surface area contributed by atoms with Gasteiger partial charge in [-0.25, -0.2) is 0 Å². The molecular weight excluding hydrogens is 328 g/mol. The molecule has 0 bridgehead atoms. The number of aliphatic hydroxyl groups is 1. The molecule has 1 fully saturated rings. The van der Waals surface area contributed by atoms with Crippen LogP contribution in [0.4, 0.5) is 5.69 Å². The number of rotatable bonds is 3. The number of nitro benzene ring substituents is 1. The van der Waals surface area contributed by atoms with E-state index in [9.17, 15) is 20.0 Å². The monoisotopic (exact) mass is 342 g/mol. The third-order valence-corrected chi connectivity index (χ3v) is 4.43. The van der Waals surface area contributed by atoms with Crippen LogP contribution in [0.2, 0.25) is 0 Å². The van der Waals surface area contributed by atoms with E-state index < -0.39 is 4.92 Å². The number of likely N-dealkylation sites (tertiary alicyclic amines) is 1. The van der Waals surface area contributed by atoms with E-state index in [2.05, 4.69) is 15.9 Å². The van der Waals surface area contributed by atoms with Crippen molar-refractivity contribution in [3.63, 3.8) is 0 Å². The van der Waals surface area contributed by atoms with Crippen molar-refractivity contribution in [3.05, 3.63) is 37.8 Å². The first-order chi connectivity index (χ1) is 9.45. The molecule has 1 N–H and O–H groups in total. The zero-order valence-corrected chi connectivity index (χ0v) is 12.6. The van der Waals surface area contributed by atoms with Gasteiger partial charge in [-0.1, -0.05) is 15.9 Å². The van der Waals surface area contributed by atoms with Gasteiger partial charge < -0.3 is 10.0 Å². The van der Waals surface area contributed by atoms with E-state index in [1.54, 1.807) is 17.9 Å². The molecule has 0 unspecified atom stereocenters. The van der Waals surface area contributed by atoms with Crippen LogP contribution >= 0.6 is 15.9 Å². The summed E-state index contributed by atoms with van der Waals surface area (Å²) >= 11 is 3.25. The first-order valence-corrected chi connectivity index (χ1v) is 7.11. The van der Waals surface area contributed by atoms with E-state index in [-0.39, 0.29) is 29.8 Å². The van der Waals surface area contributed by atoms with Crippen LogP contribution in [0.3, 0.4) is 0 Å². The van der Waals surface area contributed by atoms with E-state index in [1.807, 2.05) is 0 Å². The molecule has 1 atom stereocenters. The number of nitrogens with zero attached hydrogens (tertiary/aromatic N) is 2. The van der Waals surface area contributed by atoms with Crippen molar-refractivity contribution in [2.45, 2.75) is 25.8 Å². The van der Waals surface area contributed by atoms with E-state index >= 15 is 0 Å². The number of aliphatic hydroxyl groups excluding tert-OH is 1. The Labute approximate surface area is 124 Å². The molecule has 108 valence electrons. The Kier molecular flexibility index (Phi) is 4.39. The van der Waals surface area contributed by atoms with Crippen LogP contribution in [0.15, 0.2) is 16.6 Å². The summed E-state index contributed by atoms with van der Waals surface area (Å²) in [6.45, 7) is 2.12. The molecule has 6 nitrogen and oxygen atoms in total. The highest BCUT2D eigenvalue weighted by molar-refractivity contribution is 9.10. The topological polar surface area (TPSA) is 83.7 Å². The second kappa shape index (κ2) is 5.88. The Morgan fingerprint density at radius 3 is 2.90 bits per heavy atom. The van der Waals surface area contributed by atoms with Crippen LogP contribution in [0.1, 0.15) is 28.8 Å². The standard InChI is InChI=1S/C13H15BrN2O4/c1-8-11(14)5-9(6-12(8)16(19)20)13(18)15-4-2-3-10(15)7-17/h5-6,10,17H,2-4,7H2,1H3/t10-/m1/s1. The van der Waals surface area contributed by atoms with Crippen molar-refractivity contribution in [1.82, 2.24) is 4.90 Å². The van der Waals surface area contributed by atoms with Crippen LogP contribution in [0, 0.1) is 17.0 Å². The molecule has 1 saturated heterocycles. The molecule has 20 heavy (non-hydrogen) atoms. The molecule has 0 saturated carbocycles. The van der Waals surface area contributed by atoms with Crippen LogP contribution in [-0.4, -0.2) is 40.0 Å². The van der Waals surface area contributed by atoms with E-state index in [4.69, 9.17) is 0 Å². The summed E-state index contributed by atoms with van der Waals surface area (Å²) in [5.74, 6) is -0.273. The largest absolute Gasteiger partial charge is 0.394 e. The lowest BCUT2D eigenvalue weighted by molar-refractivity contribution is -0.385. The number of hydrogen-bond acceptors (Lipinski definition) is 4. The Morgan fingerprint density at radius 2 is 2.30 bits per heavy atom. The molecule has 0 aliphatic carbocycles. The number of halogens is 1. The van der Waals surface area contributed by atoms with Crippen molar-refractivity contribution >= 4 is 27.5 Å². The highest BCUT2D eigenvalue weighted by atomic mass is 79.9. The molecule has 1 amide bonds. The molecule has 2 rings (SSSR count). The van der Waals surface area contributed by atoms with Gasteiger partial charge in [-0.3, -0.25) is 14.9 Å². The SMILES string of the molecule is Cc1c(Br)cc(C(=O)N2CCC[C@@H]2CO)cc1[N+](=O)[O-]. The Hall–Kier alpha value is -1.47. The predicted octanol–water partition coefficient (Wildman–Crippen LogP) is 2.26. The maximum atomic E-state index is 12.4. The molecule has 0 aromatic heterocycles. The van der Waals surface area contributed by atoms with Crippen molar-refractivity contribution in [2.24, 2.45) is 0 Å². The lowest BCUT2D eigenvalue weighted by Gasteiger charge is -2.23. The van der Waals surface area contributed by atoms with Gasteiger partial charge in [0, 0.05) is 28.2 Å². The summed E-state index contributed by atoms with van der Waals surface area (Å²) in [6, 6.07) is 2.70. The van der Waals surface area contributed by atoms with Gasteiger partial charge in [0.15, 0.2) is 0 Å². The van der Waals surface area contributed by atoms with Crippen LogP contribution in [-0.2, 0) is 0 Å². The fraction of sp³-hybridized carbons (Fsp3) is 0.462. The third-order valence-electron chi connectivity index (χ3n) is 3.61. The van der Waals surface area contributed by atoms with Gasteiger partial charge in [0.25, 0.3) is 11.6 Å². The number of carbonyl (C=O) groups excluding carboxylic acids is 1. The minimum absolute atomic E-state index is 0.0810.